The van der Waals surface area contributed by atoms with E-state index < -0.39 is 5.97 Å². The van der Waals surface area contributed by atoms with Gasteiger partial charge < -0.3 is 15.2 Å². The molecule has 17 heavy (non-hydrogen) atoms. The zero-order valence-electron chi connectivity index (χ0n) is 9.97. The number of aliphatic carboxylic acids is 1. The van der Waals surface area contributed by atoms with Gasteiger partial charge in [-0.2, -0.15) is 0 Å². The number of nitrogens with one attached hydrogen (secondary N) is 1. The first-order chi connectivity index (χ1) is 7.58. The molecule has 1 rings (SSSR count). The molecule has 0 radical (unpaired) electrons. The van der Waals surface area contributed by atoms with E-state index in [0.717, 1.165) is 11.3 Å². The Morgan fingerprint density at radius 3 is 2.41 bits per heavy atom. The summed E-state index contributed by atoms with van der Waals surface area (Å²) in [6.45, 7) is 4.48. The van der Waals surface area contributed by atoms with Crippen LogP contribution in [0.1, 0.15) is 19.4 Å². The number of hydrogen-bond donors (Lipinski definition) is 2. The lowest BCUT2D eigenvalue weighted by atomic mass is 10.2. The predicted molar refractivity (Wildman–Crippen MR) is 68.8 cm³/mol. The maximum Gasteiger partial charge on any atom is 0.317 e. The fourth-order valence-electron chi connectivity index (χ4n) is 1.27. The summed E-state index contributed by atoms with van der Waals surface area (Å²) in [6.07, 6.45) is 0.163. The summed E-state index contributed by atoms with van der Waals surface area (Å²) in [7, 11) is 0. The molecule has 0 aliphatic heterocycles. The monoisotopic (exact) mass is 259 g/mol. The second kappa shape index (κ2) is 7.92. The van der Waals surface area contributed by atoms with E-state index in [1.165, 1.54) is 0 Å². The number of hydrogen-bond acceptors (Lipinski definition) is 3. The van der Waals surface area contributed by atoms with Crippen LogP contribution >= 0.6 is 12.4 Å². The summed E-state index contributed by atoms with van der Waals surface area (Å²) >= 11 is 0. The number of carbonyl (C=O) groups is 1. The summed E-state index contributed by atoms with van der Waals surface area (Å²) in [5.74, 6) is -0.0169. The molecule has 0 atom stereocenters. The molecule has 0 bridgehead atoms. The van der Waals surface area contributed by atoms with E-state index in [1.807, 2.05) is 38.1 Å². The maximum atomic E-state index is 10.3. The molecule has 96 valence electrons. The molecule has 2 N–H and O–H groups in total. The average molecular weight is 260 g/mol. The van der Waals surface area contributed by atoms with E-state index in [-0.39, 0.29) is 25.1 Å². The first-order valence-corrected chi connectivity index (χ1v) is 5.26. The summed E-state index contributed by atoms with van der Waals surface area (Å²) in [5.41, 5.74) is 1.04. The summed E-state index contributed by atoms with van der Waals surface area (Å²) in [4.78, 5) is 10.3. The van der Waals surface area contributed by atoms with Gasteiger partial charge in [0.05, 0.1) is 12.6 Å². The zero-order chi connectivity index (χ0) is 12.0. The van der Waals surface area contributed by atoms with Gasteiger partial charge >= 0.3 is 5.97 Å². The summed E-state index contributed by atoms with van der Waals surface area (Å²) in [6, 6.07) is 7.62. The van der Waals surface area contributed by atoms with Crippen LogP contribution in [0, 0.1) is 0 Å². The molecule has 5 heteroatoms. The molecule has 0 heterocycles. The van der Waals surface area contributed by atoms with Crippen molar-refractivity contribution in [2.24, 2.45) is 0 Å². The van der Waals surface area contributed by atoms with Crippen LogP contribution in [0.3, 0.4) is 0 Å². The highest BCUT2D eigenvalue weighted by atomic mass is 35.5. The van der Waals surface area contributed by atoms with Crippen molar-refractivity contribution in [1.29, 1.82) is 0 Å². The molecule has 0 aliphatic rings. The van der Waals surface area contributed by atoms with Gasteiger partial charge in [0.15, 0.2) is 0 Å². The van der Waals surface area contributed by atoms with Crippen molar-refractivity contribution in [3.63, 3.8) is 0 Å². The molecule has 0 fully saturated rings. The van der Waals surface area contributed by atoms with Crippen molar-refractivity contribution >= 4 is 18.4 Å². The van der Waals surface area contributed by atoms with Gasteiger partial charge in [-0.15, -0.1) is 12.4 Å². The van der Waals surface area contributed by atoms with Gasteiger partial charge in [-0.25, -0.2) is 0 Å². The van der Waals surface area contributed by atoms with Crippen molar-refractivity contribution in [3.8, 4) is 5.75 Å². The largest absolute Gasteiger partial charge is 0.491 e. The Labute approximate surface area is 107 Å². The number of carboxylic acid groups (broad SMARTS) is 1. The maximum absolute atomic E-state index is 10.3. The molecule has 0 aromatic heterocycles. The number of benzene rings is 1. The average Bonchev–Trinajstić information content (AvgIpc) is 2.19. The molecule has 1 aromatic carbocycles. The van der Waals surface area contributed by atoms with E-state index in [0.29, 0.717) is 6.54 Å². The molecule has 4 nitrogen and oxygen atoms in total. The van der Waals surface area contributed by atoms with E-state index in [1.54, 1.807) is 0 Å². The fraction of sp³-hybridized carbons (Fsp3) is 0.417. The summed E-state index contributed by atoms with van der Waals surface area (Å²) < 4.78 is 5.50. The number of rotatable bonds is 6. The lowest BCUT2D eigenvalue weighted by molar-refractivity contribution is -0.135. The van der Waals surface area contributed by atoms with E-state index in [9.17, 15) is 4.79 Å². The van der Waals surface area contributed by atoms with Gasteiger partial charge in [-0.3, -0.25) is 4.79 Å². The Hall–Kier alpha value is -1.26. The van der Waals surface area contributed by atoms with Crippen LogP contribution in [0.2, 0.25) is 0 Å². The Kier molecular flexibility index (Phi) is 7.34. The SMILES string of the molecule is CC(C)Oc1ccc(CNCC(=O)O)cc1.Cl. The van der Waals surface area contributed by atoms with Crippen molar-refractivity contribution in [2.45, 2.75) is 26.5 Å². The molecule has 0 saturated carbocycles. The zero-order valence-corrected chi connectivity index (χ0v) is 10.8. The predicted octanol–water partition coefficient (Wildman–Crippen LogP) is 2.07. The molecule has 0 aliphatic carbocycles. The number of ether oxygens (including phenoxy) is 1. The van der Waals surface area contributed by atoms with Gasteiger partial charge in [0.2, 0.25) is 0 Å². The highest BCUT2D eigenvalue weighted by Crippen LogP contribution is 2.13. The van der Waals surface area contributed by atoms with Gasteiger partial charge in [-0.1, -0.05) is 12.1 Å². The Morgan fingerprint density at radius 2 is 1.94 bits per heavy atom. The molecule has 1 aromatic rings. The van der Waals surface area contributed by atoms with Crippen molar-refractivity contribution < 1.29 is 14.6 Å². The van der Waals surface area contributed by atoms with Crippen molar-refractivity contribution in [3.05, 3.63) is 29.8 Å². The van der Waals surface area contributed by atoms with Crippen LogP contribution in [0.15, 0.2) is 24.3 Å². The third-order valence-corrected chi connectivity index (χ3v) is 1.90. The number of carboxylic acids is 1. The molecular weight excluding hydrogens is 242 g/mol. The minimum atomic E-state index is -0.847. The van der Waals surface area contributed by atoms with Crippen LogP contribution in [-0.4, -0.2) is 23.7 Å². The van der Waals surface area contributed by atoms with Gasteiger partial charge in [0, 0.05) is 6.54 Å². The number of halogens is 1. The van der Waals surface area contributed by atoms with E-state index in [4.69, 9.17) is 9.84 Å². The first kappa shape index (κ1) is 15.7. The molecule has 0 saturated heterocycles. The second-order valence-electron chi connectivity index (χ2n) is 3.81. The normalized spacial score (nSPS) is 9.82. The van der Waals surface area contributed by atoms with Crippen molar-refractivity contribution in [2.75, 3.05) is 6.54 Å². The molecular formula is C12H18ClNO3. The molecule has 0 spiro atoms. The van der Waals surface area contributed by atoms with Crippen LogP contribution in [0.25, 0.3) is 0 Å². The molecule has 0 amide bonds. The Bertz CT molecular complexity index is 338. The highest BCUT2D eigenvalue weighted by molar-refractivity contribution is 5.85. The van der Waals surface area contributed by atoms with Crippen LogP contribution < -0.4 is 10.1 Å². The smallest absolute Gasteiger partial charge is 0.317 e. The second-order valence-corrected chi connectivity index (χ2v) is 3.81. The highest BCUT2D eigenvalue weighted by Gasteiger charge is 1.99. The van der Waals surface area contributed by atoms with Gasteiger partial charge in [-0.05, 0) is 31.5 Å². The fourth-order valence-corrected chi connectivity index (χ4v) is 1.27. The lowest BCUT2D eigenvalue weighted by Crippen LogP contribution is -2.21. The van der Waals surface area contributed by atoms with Crippen LogP contribution in [-0.2, 0) is 11.3 Å². The molecule has 0 unspecified atom stereocenters. The minimum absolute atomic E-state index is 0. The minimum Gasteiger partial charge on any atom is -0.491 e. The first-order valence-electron chi connectivity index (χ1n) is 5.26. The summed E-state index contributed by atoms with van der Waals surface area (Å²) in [5, 5.41) is 11.3. The van der Waals surface area contributed by atoms with Crippen molar-refractivity contribution in [1.82, 2.24) is 5.32 Å². The van der Waals surface area contributed by atoms with E-state index in [2.05, 4.69) is 5.32 Å². The van der Waals surface area contributed by atoms with Gasteiger partial charge in [0.1, 0.15) is 5.75 Å². The van der Waals surface area contributed by atoms with Gasteiger partial charge in [0.25, 0.3) is 0 Å². The topological polar surface area (TPSA) is 58.6 Å². The Morgan fingerprint density at radius 1 is 1.35 bits per heavy atom. The third-order valence-electron chi connectivity index (χ3n) is 1.90. The van der Waals surface area contributed by atoms with E-state index >= 15 is 0 Å². The van der Waals surface area contributed by atoms with Crippen LogP contribution in [0.5, 0.6) is 5.75 Å². The quantitative estimate of drug-likeness (QED) is 0.821. The lowest BCUT2D eigenvalue weighted by Gasteiger charge is -2.10. The third kappa shape index (κ3) is 6.81. The van der Waals surface area contributed by atoms with Crippen LogP contribution in [0.4, 0.5) is 0 Å². The standard InChI is InChI=1S/C12H17NO3.ClH/c1-9(2)16-11-5-3-10(4-6-11)7-13-8-12(14)15;/h3-6,9,13H,7-8H2,1-2H3,(H,14,15);1H. The Balaban J connectivity index is 0.00000256.